The molecule has 2 rings (SSSR count). The monoisotopic (exact) mass is 389 g/mol. The van der Waals surface area contributed by atoms with E-state index < -0.39 is 5.60 Å². The van der Waals surface area contributed by atoms with Gasteiger partial charge in [0.2, 0.25) is 0 Å². The molecule has 0 spiro atoms. The van der Waals surface area contributed by atoms with Crippen molar-refractivity contribution in [3.63, 3.8) is 0 Å². The van der Waals surface area contributed by atoms with Gasteiger partial charge in [-0.3, -0.25) is 0 Å². The number of aliphatic hydroxyl groups is 1. The van der Waals surface area contributed by atoms with Gasteiger partial charge < -0.3 is 20.5 Å². The van der Waals surface area contributed by atoms with Crippen LogP contribution < -0.4 is 10.6 Å². The average Bonchev–Trinajstić information content (AvgIpc) is 3.22. The van der Waals surface area contributed by atoms with Crippen molar-refractivity contribution in [3.05, 3.63) is 58.3 Å². The lowest BCUT2D eigenvalue weighted by molar-refractivity contribution is 0.0644. The molecule has 1 aromatic heterocycles. The van der Waals surface area contributed by atoms with Crippen molar-refractivity contribution in [1.82, 2.24) is 10.6 Å². The molecule has 2 aromatic rings. The molecule has 1 heterocycles. The Balaban J connectivity index is 1.74. The normalized spacial score (nSPS) is 15.2. The van der Waals surface area contributed by atoms with Crippen molar-refractivity contribution in [2.45, 2.75) is 38.9 Å². The molecule has 0 saturated heterocycles. The second kappa shape index (κ2) is 11.1. The van der Waals surface area contributed by atoms with Crippen molar-refractivity contribution >= 4 is 17.3 Å². The second-order valence-corrected chi connectivity index (χ2v) is 7.60. The van der Waals surface area contributed by atoms with Crippen LogP contribution in [0, 0.1) is 0 Å². The molecule has 27 heavy (non-hydrogen) atoms. The Labute approximate surface area is 166 Å². The fraction of sp³-hybridized carbons (Fsp3) is 0.476. The first-order valence-electron chi connectivity index (χ1n) is 9.48. The van der Waals surface area contributed by atoms with Crippen LogP contribution in [0.1, 0.15) is 43.7 Å². The molecule has 2 unspecified atom stereocenters. The maximum Gasteiger partial charge on any atom is 0.191 e. The minimum Gasteiger partial charge on any atom is -0.383 e. The first-order chi connectivity index (χ1) is 13.0. The number of hydrogen-bond acceptors (Lipinski definition) is 4. The molecule has 5 nitrogen and oxygen atoms in total. The number of nitrogens with zero attached hydrogens (tertiary/aromatic N) is 1. The van der Waals surface area contributed by atoms with Crippen LogP contribution in [-0.4, -0.2) is 37.3 Å². The summed E-state index contributed by atoms with van der Waals surface area (Å²) in [7, 11) is 0. The number of ether oxygens (including phenoxy) is 1. The fourth-order valence-electron chi connectivity index (χ4n) is 2.60. The van der Waals surface area contributed by atoms with Gasteiger partial charge in [0.25, 0.3) is 0 Å². The predicted molar refractivity (Wildman–Crippen MR) is 113 cm³/mol. The summed E-state index contributed by atoms with van der Waals surface area (Å²) >= 11 is 1.54. The molecule has 148 valence electrons. The quantitative estimate of drug-likeness (QED) is 0.329. The minimum absolute atomic E-state index is 0.0917. The lowest BCUT2D eigenvalue weighted by Crippen LogP contribution is -2.39. The zero-order valence-corrected chi connectivity index (χ0v) is 17.3. The van der Waals surface area contributed by atoms with Gasteiger partial charge in [0.1, 0.15) is 5.60 Å². The van der Waals surface area contributed by atoms with Gasteiger partial charge in [-0.2, -0.15) is 0 Å². The van der Waals surface area contributed by atoms with E-state index in [2.05, 4.69) is 34.7 Å². The van der Waals surface area contributed by atoms with Crippen LogP contribution in [0.5, 0.6) is 0 Å². The summed E-state index contributed by atoms with van der Waals surface area (Å²) in [6.07, 6.45) is 0.970. The third-order valence-electron chi connectivity index (χ3n) is 4.19. The van der Waals surface area contributed by atoms with Crippen LogP contribution in [0.15, 0.2) is 52.8 Å². The fourth-order valence-corrected chi connectivity index (χ4v) is 3.38. The van der Waals surface area contributed by atoms with E-state index in [4.69, 9.17) is 4.74 Å². The van der Waals surface area contributed by atoms with E-state index in [0.29, 0.717) is 19.1 Å². The maximum absolute atomic E-state index is 10.6. The average molecular weight is 390 g/mol. The molecule has 6 heteroatoms. The summed E-state index contributed by atoms with van der Waals surface area (Å²) in [5.41, 5.74) is 0.237. The van der Waals surface area contributed by atoms with Crippen LogP contribution in [0.2, 0.25) is 0 Å². The van der Waals surface area contributed by atoms with Gasteiger partial charge in [0.05, 0.1) is 12.6 Å². The van der Waals surface area contributed by atoms with E-state index in [0.717, 1.165) is 24.4 Å². The molecular formula is C21H31N3O2S. The second-order valence-electron chi connectivity index (χ2n) is 6.65. The Hall–Kier alpha value is -1.89. The molecule has 0 saturated carbocycles. The molecule has 0 aliphatic rings. The highest BCUT2D eigenvalue weighted by Gasteiger charge is 2.23. The number of guanidine groups is 1. The maximum atomic E-state index is 10.6. The topological polar surface area (TPSA) is 65.9 Å². The lowest BCUT2D eigenvalue weighted by Gasteiger charge is -2.20. The van der Waals surface area contributed by atoms with Gasteiger partial charge in [-0.1, -0.05) is 36.4 Å². The lowest BCUT2D eigenvalue weighted by atomic mass is 10.1. The zero-order valence-electron chi connectivity index (χ0n) is 16.4. The van der Waals surface area contributed by atoms with Crippen molar-refractivity contribution in [2.24, 2.45) is 4.99 Å². The SMILES string of the molecule is CCNC(=NCC(C)(O)c1cccs1)NCCCOC(C)c1ccccc1. The Morgan fingerprint density at radius 2 is 2.00 bits per heavy atom. The summed E-state index contributed by atoms with van der Waals surface area (Å²) in [5, 5.41) is 19.1. The molecule has 0 radical (unpaired) electrons. The van der Waals surface area contributed by atoms with Gasteiger partial charge >= 0.3 is 0 Å². The van der Waals surface area contributed by atoms with Crippen LogP contribution in [0.4, 0.5) is 0 Å². The Morgan fingerprint density at radius 1 is 1.22 bits per heavy atom. The highest BCUT2D eigenvalue weighted by atomic mass is 32.1. The Bertz CT molecular complexity index is 672. The third-order valence-corrected chi connectivity index (χ3v) is 5.31. The van der Waals surface area contributed by atoms with Crippen LogP contribution >= 0.6 is 11.3 Å². The van der Waals surface area contributed by atoms with Gasteiger partial charge in [0, 0.05) is 24.6 Å². The largest absolute Gasteiger partial charge is 0.383 e. The summed E-state index contributed by atoms with van der Waals surface area (Å²) in [4.78, 5) is 5.45. The van der Waals surface area contributed by atoms with E-state index in [1.165, 1.54) is 5.56 Å². The predicted octanol–water partition coefficient (Wildman–Crippen LogP) is 3.68. The minimum atomic E-state index is -0.954. The van der Waals surface area contributed by atoms with E-state index in [-0.39, 0.29) is 6.10 Å². The summed E-state index contributed by atoms with van der Waals surface area (Å²) in [5.74, 6) is 0.713. The first-order valence-corrected chi connectivity index (χ1v) is 10.4. The Kier molecular flexibility index (Phi) is 8.78. The molecular weight excluding hydrogens is 358 g/mol. The first kappa shape index (κ1) is 21.4. The number of nitrogens with one attached hydrogen (secondary N) is 2. The highest BCUT2D eigenvalue weighted by molar-refractivity contribution is 7.10. The number of hydrogen-bond donors (Lipinski definition) is 3. The van der Waals surface area contributed by atoms with Crippen LogP contribution in [0.25, 0.3) is 0 Å². The van der Waals surface area contributed by atoms with Crippen molar-refractivity contribution in [3.8, 4) is 0 Å². The van der Waals surface area contributed by atoms with Gasteiger partial charge in [-0.05, 0) is 44.2 Å². The van der Waals surface area contributed by atoms with E-state index in [9.17, 15) is 5.11 Å². The molecule has 0 bridgehead atoms. The van der Waals surface area contributed by atoms with Crippen molar-refractivity contribution in [2.75, 3.05) is 26.2 Å². The van der Waals surface area contributed by atoms with E-state index in [1.54, 1.807) is 18.3 Å². The number of benzene rings is 1. The molecule has 0 aliphatic carbocycles. The Morgan fingerprint density at radius 3 is 2.67 bits per heavy atom. The van der Waals surface area contributed by atoms with Crippen LogP contribution in [-0.2, 0) is 10.3 Å². The van der Waals surface area contributed by atoms with Gasteiger partial charge in [0.15, 0.2) is 5.96 Å². The van der Waals surface area contributed by atoms with Crippen molar-refractivity contribution in [1.29, 1.82) is 0 Å². The van der Waals surface area contributed by atoms with Crippen LogP contribution in [0.3, 0.4) is 0 Å². The van der Waals surface area contributed by atoms with E-state index >= 15 is 0 Å². The number of thiophene rings is 1. The molecule has 1 aromatic carbocycles. The third kappa shape index (κ3) is 7.33. The number of rotatable bonds is 10. The molecule has 0 amide bonds. The van der Waals surface area contributed by atoms with E-state index in [1.807, 2.05) is 42.6 Å². The molecule has 2 atom stereocenters. The molecule has 0 aliphatic heterocycles. The number of aliphatic imine (C=N–C) groups is 1. The zero-order chi connectivity index (χ0) is 19.5. The summed E-state index contributed by atoms with van der Waals surface area (Å²) < 4.78 is 5.89. The molecule has 0 fully saturated rings. The van der Waals surface area contributed by atoms with Gasteiger partial charge in [-0.25, -0.2) is 4.99 Å². The van der Waals surface area contributed by atoms with Crippen molar-refractivity contribution < 1.29 is 9.84 Å². The smallest absolute Gasteiger partial charge is 0.191 e. The van der Waals surface area contributed by atoms with Gasteiger partial charge in [-0.15, -0.1) is 11.3 Å². The summed E-state index contributed by atoms with van der Waals surface area (Å²) in [6.45, 7) is 8.41. The summed E-state index contributed by atoms with van der Waals surface area (Å²) in [6, 6.07) is 14.1. The highest BCUT2D eigenvalue weighted by Crippen LogP contribution is 2.25. The molecule has 3 N–H and O–H groups in total. The standard InChI is InChI=1S/C21H31N3O2S/c1-4-22-20(24-16-21(3,25)19-12-8-15-27-19)23-13-9-14-26-17(2)18-10-6-5-7-11-18/h5-8,10-12,15,17,25H,4,9,13-14,16H2,1-3H3,(H2,22,23,24).